The second-order valence-electron chi connectivity index (χ2n) is 3.88. The second kappa shape index (κ2) is 4.48. The third-order valence-corrected chi connectivity index (χ3v) is 2.70. The lowest BCUT2D eigenvalue weighted by Crippen LogP contribution is -2.25. The van der Waals surface area contributed by atoms with Crippen molar-refractivity contribution in [3.8, 4) is 0 Å². The molecule has 0 spiro atoms. The summed E-state index contributed by atoms with van der Waals surface area (Å²) >= 11 is 0. The summed E-state index contributed by atoms with van der Waals surface area (Å²) in [4.78, 5) is 21.2. The number of nitro groups is 1. The molecule has 0 N–H and O–H groups in total. The van der Waals surface area contributed by atoms with Crippen LogP contribution in [-0.4, -0.2) is 17.0 Å². The second-order valence-corrected chi connectivity index (χ2v) is 3.88. The van der Waals surface area contributed by atoms with Crippen molar-refractivity contribution in [2.24, 2.45) is 0 Å². The van der Waals surface area contributed by atoms with Crippen LogP contribution >= 0.6 is 0 Å². The van der Waals surface area contributed by atoms with E-state index in [0.717, 1.165) is 31.4 Å². The lowest BCUT2D eigenvalue weighted by molar-refractivity contribution is -0.387. The zero-order chi connectivity index (χ0) is 12.4. The Morgan fingerprint density at radius 3 is 2.71 bits per heavy atom. The minimum Gasteiger partial charge on any atom is -0.459 e. The normalized spacial score (nSPS) is 15.1. The Kier molecular flexibility index (Phi) is 3.03. The fourth-order valence-electron chi connectivity index (χ4n) is 1.49. The molecular weight excluding hydrogens is 229 g/mol. The van der Waals surface area contributed by atoms with E-state index in [2.05, 4.69) is 0 Å². The van der Waals surface area contributed by atoms with E-state index in [1.165, 1.54) is 6.07 Å². The summed E-state index contributed by atoms with van der Waals surface area (Å²) in [7, 11) is 0. The molecule has 0 aromatic heterocycles. The van der Waals surface area contributed by atoms with Gasteiger partial charge < -0.3 is 4.74 Å². The van der Waals surface area contributed by atoms with Crippen LogP contribution in [0.5, 0.6) is 0 Å². The van der Waals surface area contributed by atoms with E-state index < -0.39 is 22.4 Å². The summed E-state index contributed by atoms with van der Waals surface area (Å²) in [5, 5.41) is 10.5. The highest BCUT2D eigenvalue weighted by Gasteiger charge is 2.24. The Bertz CT molecular complexity index is 471. The van der Waals surface area contributed by atoms with Gasteiger partial charge in [-0.25, -0.2) is 4.79 Å². The smallest absolute Gasteiger partial charge is 0.338 e. The maximum Gasteiger partial charge on any atom is 0.338 e. The molecule has 5 nitrogen and oxygen atoms in total. The molecular formula is C11H10FNO4. The fraction of sp³-hybridized carbons (Fsp3) is 0.364. The van der Waals surface area contributed by atoms with Gasteiger partial charge in [-0.05, 0) is 31.4 Å². The van der Waals surface area contributed by atoms with E-state index in [1.54, 1.807) is 0 Å². The molecule has 0 heterocycles. The molecule has 1 aliphatic rings. The molecule has 0 unspecified atom stereocenters. The summed E-state index contributed by atoms with van der Waals surface area (Å²) in [6.07, 6.45) is 2.54. The Balaban J connectivity index is 2.17. The molecule has 6 heteroatoms. The van der Waals surface area contributed by atoms with Gasteiger partial charge in [0.1, 0.15) is 6.10 Å². The molecule has 0 radical (unpaired) electrons. The molecule has 1 fully saturated rings. The largest absolute Gasteiger partial charge is 0.459 e. The maximum absolute atomic E-state index is 13.0. The first-order valence-electron chi connectivity index (χ1n) is 5.23. The van der Waals surface area contributed by atoms with Gasteiger partial charge in [0, 0.05) is 6.07 Å². The van der Waals surface area contributed by atoms with Crippen molar-refractivity contribution >= 4 is 11.7 Å². The standard InChI is InChI=1S/C11H10FNO4/c12-9-5-4-7(6-10(9)13(15)16)11(14)17-8-2-1-3-8/h4-6,8H,1-3H2. The molecule has 1 aromatic carbocycles. The Morgan fingerprint density at radius 2 is 2.18 bits per heavy atom. The average molecular weight is 239 g/mol. The molecule has 0 bridgehead atoms. The van der Waals surface area contributed by atoms with Gasteiger partial charge in [-0.2, -0.15) is 4.39 Å². The van der Waals surface area contributed by atoms with E-state index in [9.17, 15) is 19.3 Å². The first kappa shape index (κ1) is 11.5. The molecule has 90 valence electrons. The number of hydrogen-bond donors (Lipinski definition) is 0. The Hall–Kier alpha value is -1.98. The monoisotopic (exact) mass is 239 g/mol. The molecule has 17 heavy (non-hydrogen) atoms. The number of carbonyl (C=O) groups excluding carboxylic acids is 1. The highest BCUT2D eigenvalue weighted by atomic mass is 19.1. The Morgan fingerprint density at radius 1 is 1.47 bits per heavy atom. The number of ether oxygens (including phenoxy) is 1. The molecule has 0 saturated heterocycles. The lowest BCUT2D eigenvalue weighted by Gasteiger charge is -2.25. The van der Waals surface area contributed by atoms with E-state index in [-0.39, 0.29) is 11.7 Å². The van der Waals surface area contributed by atoms with E-state index in [0.29, 0.717) is 0 Å². The van der Waals surface area contributed by atoms with Crippen LogP contribution in [0.2, 0.25) is 0 Å². The number of esters is 1. The summed E-state index contributed by atoms with van der Waals surface area (Å²) in [6, 6.07) is 2.98. The quantitative estimate of drug-likeness (QED) is 0.461. The van der Waals surface area contributed by atoms with Gasteiger partial charge in [0.15, 0.2) is 0 Å². The van der Waals surface area contributed by atoms with Gasteiger partial charge in [0.05, 0.1) is 10.5 Å². The van der Waals surface area contributed by atoms with Crippen LogP contribution in [0.25, 0.3) is 0 Å². The number of benzene rings is 1. The molecule has 0 amide bonds. The van der Waals surface area contributed by atoms with E-state index in [1.807, 2.05) is 0 Å². The van der Waals surface area contributed by atoms with E-state index in [4.69, 9.17) is 4.74 Å². The van der Waals surface area contributed by atoms with Gasteiger partial charge in [-0.3, -0.25) is 10.1 Å². The molecule has 0 aliphatic heterocycles. The van der Waals surface area contributed by atoms with Gasteiger partial charge in [0.25, 0.3) is 0 Å². The Labute approximate surface area is 96.3 Å². The minimum atomic E-state index is -0.963. The maximum atomic E-state index is 13.0. The number of hydrogen-bond acceptors (Lipinski definition) is 4. The number of nitrogens with zero attached hydrogens (tertiary/aromatic N) is 1. The van der Waals surface area contributed by atoms with Crippen molar-refractivity contribution in [1.82, 2.24) is 0 Å². The first-order valence-corrected chi connectivity index (χ1v) is 5.23. The molecule has 1 saturated carbocycles. The van der Waals surface area contributed by atoms with Crippen LogP contribution < -0.4 is 0 Å². The number of carbonyl (C=O) groups is 1. The molecule has 0 atom stereocenters. The van der Waals surface area contributed by atoms with Crippen LogP contribution in [0.1, 0.15) is 29.6 Å². The van der Waals surface area contributed by atoms with Crippen molar-refractivity contribution in [1.29, 1.82) is 0 Å². The third kappa shape index (κ3) is 2.41. The molecule has 2 rings (SSSR count). The first-order chi connectivity index (χ1) is 8.08. The predicted molar refractivity (Wildman–Crippen MR) is 56.1 cm³/mol. The van der Waals surface area contributed by atoms with Crippen molar-refractivity contribution < 1.29 is 18.8 Å². The van der Waals surface area contributed by atoms with Crippen molar-refractivity contribution in [3.05, 3.63) is 39.7 Å². The van der Waals surface area contributed by atoms with Gasteiger partial charge >= 0.3 is 11.7 Å². The fourth-order valence-corrected chi connectivity index (χ4v) is 1.49. The predicted octanol–water partition coefficient (Wildman–Crippen LogP) is 2.44. The van der Waals surface area contributed by atoms with Gasteiger partial charge in [-0.15, -0.1) is 0 Å². The van der Waals surface area contributed by atoms with Crippen LogP contribution in [0, 0.1) is 15.9 Å². The number of halogens is 1. The van der Waals surface area contributed by atoms with Crippen LogP contribution in [-0.2, 0) is 4.74 Å². The number of rotatable bonds is 3. The van der Waals surface area contributed by atoms with Gasteiger partial charge in [-0.1, -0.05) is 0 Å². The van der Waals surface area contributed by atoms with Crippen LogP contribution in [0.4, 0.5) is 10.1 Å². The van der Waals surface area contributed by atoms with Crippen LogP contribution in [0.3, 0.4) is 0 Å². The topological polar surface area (TPSA) is 69.4 Å². The summed E-state index contributed by atoms with van der Waals surface area (Å²) in [5.41, 5.74) is -0.710. The van der Waals surface area contributed by atoms with Crippen molar-refractivity contribution in [2.75, 3.05) is 0 Å². The zero-order valence-electron chi connectivity index (χ0n) is 8.89. The highest BCUT2D eigenvalue weighted by molar-refractivity contribution is 5.90. The van der Waals surface area contributed by atoms with Gasteiger partial charge in [0.2, 0.25) is 5.82 Å². The highest BCUT2D eigenvalue weighted by Crippen LogP contribution is 2.24. The van der Waals surface area contributed by atoms with Crippen LogP contribution in [0.15, 0.2) is 18.2 Å². The molecule has 1 aromatic rings. The minimum absolute atomic E-state index is 0.00463. The lowest BCUT2D eigenvalue weighted by atomic mass is 9.96. The molecule has 1 aliphatic carbocycles. The summed E-state index contributed by atoms with van der Waals surface area (Å²) < 4.78 is 18.1. The van der Waals surface area contributed by atoms with Crippen molar-refractivity contribution in [3.63, 3.8) is 0 Å². The van der Waals surface area contributed by atoms with Crippen molar-refractivity contribution in [2.45, 2.75) is 25.4 Å². The average Bonchev–Trinajstić information content (AvgIpc) is 2.23. The summed E-state index contributed by atoms with van der Waals surface area (Å²) in [6.45, 7) is 0. The number of nitro benzene ring substituents is 1. The third-order valence-electron chi connectivity index (χ3n) is 2.70. The SMILES string of the molecule is O=C(OC1CCC1)c1ccc(F)c([N+](=O)[O-])c1. The zero-order valence-corrected chi connectivity index (χ0v) is 8.89. The van der Waals surface area contributed by atoms with E-state index >= 15 is 0 Å². The summed E-state index contributed by atoms with van der Waals surface area (Å²) in [5.74, 6) is -1.60.